The molecule has 0 saturated heterocycles. The number of hydrogen-bond acceptors (Lipinski definition) is 2. The second-order valence-corrected chi connectivity index (χ2v) is 3.80. The second kappa shape index (κ2) is 6.70. The fourth-order valence-corrected chi connectivity index (χ4v) is 1.34. The van der Waals surface area contributed by atoms with E-state index in [1.54, 1.807) is 0 Å². The van der Waals surface area contributed by atoms with Gasteiger partial charge in [0.15, 0.2) is 0 Å². The molecule has 1 atom stereocenters. The van der Waals surface area contributed by atoms with Crippen LogP contribution in [0.25, 0.3) is 0 Å². The van der Waals surface area contributed by atoms with Gasteiger partial charge in [0.1, 0.15) is 12.4 Å². The van der Waals surface area contributed by atoms with Crippen molar-refractivity contribution in [1.29, 1.82) is 0 Å². The van der Waals surface area contributed by atoms with E-state index >= 15 is 0 Å². The first-order valence-electron chi connectivity index (χ1n) is 5.08. The summed E-state index contributed by atoms with van der Waals surface area (Å²) in [5.41, 5.74) is 8.23. The molecule has 0 fully saturated rings. The number of aryl methyl sites for hydroxylation is 2. The SMILES string of the molecule is CCC(N)COc1cc(C)cc(C)c1.Cl. The van der Waals surface area contributed by atoms with Gasteiger partial charge in [-0.15, -0.1) is 12.4 Å². The Morgan fingerprint density at radius 2 is 1.73 bits per heavy atom. The standard InChI is InChI=1S/C12H19NO.ClH/c1-4-11(13)8-14-12-6-9(2)5-10(3)7-12;/h5-7,11H,4,8,13H2,1-3H3;1H. The monoisotopic (exact) mass is 229 g/mol. The highest BCUT2D eigenvalue weighted by Crippen LogP contribution is 2.16. The number of nitrogens with two attached hydrogens (primary N) is 1. The van der Waals surface area contributed by atoms with E-state index in [4.69, 9.17) is 10.5 Å². The molecule has 2 N–H and O–H groups in total. The molecule has 1 aromatic carbocycles. The molecule has 1 unspecified atom stereocenters. The summed E-state index contributed by atoms with van der Waals surface area (Å²) in [6, 6.07) is 6.34. The van der Waals surface area contributed by atoms with E-state index in [0.717, 1.165) is 12.2 Å². The molecule has 0 aliphatic rings. The Hall–Kier alpha value is -0.730. The molecule has 1 aromatic rings. The minimum absolute atomic E-state index is 0. The highest BCUT2D eigenvalue weighted by Gasteiger charge is 2.01. The molecule has 0 aliphatic carbocycles. The lowest BCUT2D eigenvalue weighted by Crippen LogP contribution is -2.26. The van der Waals surface area contributed by atoms with Crippen LogP contribution in [0.5, 0.6) is 5.75 Å². The van der Waals surface area contributed by atoms with Gasteiger partial charge in [0.25, 0.3) is 0 Å². The van der Waals surface area contributed by atoms with Crippen LogP contribution in [0, 0.1) is 13.8 Å². The lowest BCUT2D eigenvalue weighted by atomic mass is 10.1. The van der Waals surface area contributed by atoms with Crippen molar-refractivity contribution in [3.05, 3.63) is 29.3 Å². The zero-order valence-corrected chi connectivity index (χ0v) is 10.4. The van der Waals surface area contributed by atoms with E-state index in [9.17, 15) is 0 Å². The minimum atomic E-state index is 0. The van der Waals surface area contributed by atoms with Gasteiger partial charge < -0.3 is 10.5 Å². The molecule has 2 nitrogen and oxygen atoms in total. The van der Waals surface area contributed by atoms with Gasteiger partial charge in [0.05, 0.1) is 0 Å². The zero-order valence-electron chi connectivity index (χ0n) is 9.62. The van der Waals surface area contributed by atoms with Gasteiger partial charge >= 0.3 is 0 Å². The molecule has 3 heteroatoms. The highest BCUT2D eigenvalue weighted by atomic mass is 35.5. The summed E-state index contributed by atoms with van der Waals surface area (Å²) in [6.45, 7) is 6.80. The lowest BCUT2D eigenvalue weighted by molar-refractivity contribution is 0.285. The zero-order chi connectivity index (χ0) is 10.6. The lowest BCUT2D eigenvalue weighted by Gasteiger charge is -2.12. The Balaban J connectivity index is 0.00000196. The third kappa shape index (κ3) is 5.05. The molecule has 0 radical (unpaired) electrons. The molecule has 0 bridgehead atoms. The Morgan fingerprint density at radius 1 is 1.20 bits per heavy atom. The van der Waals surface area contributed by atoms with Gasteiger partial charge in [-0.1, -0.05) is 13.0 Å². The quantitative estimate of drug-likeness (QED) is 0.862. The minimum Gasteiger partial charge on any atom is -0.492 e. The number of halogens is 1. The van der Waals surface area contributed by atoms with Crippen LogP contribution in [-0.2, 0) is 0 Å². The van der Waals surface area contributed by atoms with E-state index in [1.165, 1.54) is 11.1 Å². The average molecular weight is 230 g/mol. The maximum atomic E-state index is 5.77. The Labute approximate surface area is 98.2 Å². The fourth-order valence-electron chi connectivity index (χ4n) is 1.34. The van der Waals surface area contributed by atoms with Crippen LogP contribution in [0.1, 0.15) is 24.5 Å². The smallest absolute Gasteiger partial charge is 0.119 e. The van der Waals surface area contributed by atoms with Crippen LogP contribution < -0.4 is 10.5 Å². The van der Waals surface area contributed by atoms with Crippen molar-refractivity contribution in [2.75, 3.05) is 6.61 Å². The predicted molar refractivity (Wildman–Crippen MR) is 66.9 cm³/mol. The van der Waals surface area contributed by atoms with Crippen LogP contribution in [0.4, 0.5) is 0 Å². The molecule has 0 amide bonds. The van der Waals surface area contributed by atoms with Crippen LogP contribution in [0.2, 0.25) is 0 Å². The topological polar surface area (TPSA) is 35.2 Å². The van der Waals surface area contributed by atoms with Crippen molar-refractivity contribution in [2.24, 2.45) is 5.73 Å². The van der Waals surface area contributed by atoms with Crippen LogP contribution in [0.3, 0.4) is 0 Å². The van der Waals surface area contributed by atoms with Gasteiger partial charge in [0.2, 0.25) is 0 Å². The van der Waals surface area contributed by atoms with E-state index in [2.05, 4.69) is 26.8 Å². The molecule has 15 heavy (non-hydrogen) atoms. The van der Waals surface area contributed by atoms with Gasteiger partial charge in [-0.3, -0.25) is 0 Å². The highest BCUT2D eigenvalue weighted by molar-refractivity contribution is 5.85. The summed E-state index contributed by atoms with van der Waals surface area (Å²) in [6.07, 6.45) is 0.949. The number of rotatable bonds is 4. The van der Waals surface area contributed by atoms with Crippen molar-refractivity contribution < 1.29 is 4.74 Å². The van der Waals surface area contributed by atoms with Crippen LogP contribution in [0.15, 0.2) is 18.2 Å². The molecule has 86 valence electrons. The van der Waals surface area contributed by atoms with Gasteiger partial charge in [0, 0.05) is 6.04 Å². The van der Waals surface area contributed by atoms with Crippen molar-refractivity contribution in [1.82, 2.24) is 0 Å². The molecular formula is C12H20ClNO. The average Bonchev–Trinajstić information content (AvgIpc) is 2.12. The molecule has 0 spiro atoms. The fraction of sp³-hybridized carbons (Fsp3) is 0.500. The van der Waals surface area contributed by atoms with Gasteiger partial charge in [-0.2, -0.15) is 0 Å². The molecule has 1 rings (SSSR count). The summed E-state index contributed by atoms with van der Waals surface area (Å²) in [5.74, 6) is 0.923. The molecule has 0 aliphatic heterocycles. The van der Waals surface area contributed by atoms with E-state index in [0.29, 0.717) is 6.61 Å². The van der Waals surface area contributed by atoms with Crippen LogP contribution in [-0.4, -0.2) is 12.6 Å². The Bertz CT molecular complexity index is 281. The third-order valence-electron chi connectivity index (χ3n) is 2.18. The Morgan fingerprint density at radius 3 is 2.20 bits per heavy atom. The molecule has 0 saturated carbocycles. The first-order chi connectivity index (χ1) is 6.61. The van der Waals surface area contributed by atoms with E-state index in [-0.39, 0.29) is 18.4 Å². The van der Waals surface area contributed by atoms with Crippen molar-refractivity contribution >= 4 is 12.4 Å². The number of benzene rings is 1. The van der Waals surface area contributed by atoms with Crippen LogP contribution >= 0.6 is 12.4 Å². The van der Waals surface area contributed by atoms with Crippen molar-refractivity contribution in [3.8, 4) is 5.75 Å². The maximum absolute atomic E-state index is 5.77. The third-order valence-corrected chi connectivity index (χ3v) is 2.18. The number of ether oxygens (including phenoxy) is 1. The van der Waals surface area contributed by atoms with Gasteiger partial charge in [-0.25, -0.2) is 0 Å². The molecule has 0 heterocycles. The van der Waals surface area contributed by atoms with E-state index in [1.807, 2.05) is 12.1 Å². The van der Waals surface area contributed by atoms with Crippen molar-refractivity contribution in [3.63, 3.8) is 0 Å². The maximum Gasteiger partial charge on any atom is 0.119 e. The summed E-state index contributed by atoms with van der Waals surface area (Å²) >= 11 is 0. The molecular weight excluding hydrogens is 210 g/mol. The summed E-state index contributed by atoms with van der Waals surface area (Å²) in [4.78, 5) is 0. The predicted octanol–water partition coefficient (Wildman–Crippen LogP) is 2.84. The Kier molecular flexibility index (Phi) is 6.37. The largest absolute Gasteiger partial charge is 0.492 e. The number of hydrogen-bond donors (Lipinski definition) is 1. The summed E-state index contributed by atoms with van der Waals surface area (Å²) < 4.78 is 5.60. The molecule has 0 aromatic heterocycles. The summed E-state index contributed by atoms with van der Waals surface area (Å²) in [5, 5.41) is 0. The van der Waals surface area contributed by atoms with Crippen molar-refractivity contribution in [2.45, 2.75) is 33.2 Å². The normalized spacial score (nSPS) is 11.7. The summed E-state index contributed by atoms with van der Waals surface area (Å²) in [7, 11) is 0. The second-order valence-electron chi connectivity index (χ2n) is 3.80. The van der Waals surface area contributed by atoms with E-state index < -0.39 is 0 Å². The first kappa shape index (κ1) is 14.3. The first-order valence-corrected chi connectivity index (χ1v) is 5.08. The van der Waals surface area contributed by atoms with Gasteiger partial charge in [-0.05, 0) is 43.5 Å².